The average molecular weight is 255 g/mol. The number of carbonyl (C=O) groups is 1. The van der Waals surface area contributed by atoms with Gasteiger partial charge < -0.3 is 10.1 Å². The smallest absolute Gasteiger partial charge is 0.323 e. The van der Waals surface area contributed by atoms with E-state index in [-0.39, 0.29) is 12.0 Å². The SMILES string of the molecule is CC(NCCc1cccs1)C(=O)OC(C)(C)C. The molecule has 0 aliphatic heterocycles. The summed E-state index contributed by atoms with van der Waals surface area (Å²) >= 11 is 1.74. The van der Waals surface area contributed by atoms with E-state index in [0.717, 1.165) is 13.0 Å². The van der Waals surface area contributed by atoms with Crippen LogP contribution in [0, 0.1) is 0 Å². The summed E-state index contributed by atoms with van der Waals surface area (Å²) in [7, 11) is 0. The number of thiophene rings is 1. The molecule has 4 heteroatoms. The highest BCUT2D eigenvalue weighted by Gasteiger charge is 2.20. The molecule has 0 saturated carbocycles. The van der Waals surface area contributed by atoms with Gasteiger partial charge in [0.1, 0.15) is 11.6 Å². The molecule has 0 saturated heterocycles. The lowest BCUT2D eigenvalue weighted by Crippen LogP contribution is -2.39. The molecule has 0 amide bonds. The highest BCUT2D eigenvalue weighted by atomic mass is 32.1. The van der Waals surface area contributed by atoms with Gasteiger partial charge in [0.25, 0.3) is 0 Å². The quantitative estimate of drug-likeness (QED) is 0.822. The van der Waals surface area contributed by atoms with E-state index >= 15 is 0 Å². The predicted octanol–water partition coefficient (Wildman–Crippen LogP) is 2.61. The Labute approximate surface area is 107 Å². The summed E-state index contributed by atoms with van der Waals surface area (Å²) in [5.74, 6) is -0.191. The summed E-state index contributed by atoms with van der Waals surface area (Å²) in [6, 6.07) is 3.89. The fraction of sp³-hybridized carbons (Fsp3) is 0.615. The normalized spacial score (nSPS) is 13.4. The van der Waals surface area contributed by atoms with Crippen LogP contribution < -0.4 is 5.32 Å². The van der Waals surface area contributed by atoms with E-state index < -0.39 is 5.60 Å². The molecule has 0 fully saturated rings. The lowest BCUT2D eigenvalue weighted by molar-refractivity contribution is -0.156. The topological polar surface area (TPSA) is 38.3 Å². The average Bonchev–Trinajstić information content (AvgIpc) is 2.67. The summed E-state index contributed by atoms with van der Waals surface area (Å²) in [6.07, 6.45) is 0.949. The molecule has 96 valence electrons. The molecule has 1 aromatic heterocycles. The van der Waals surface area contributed by atoms with Crippen molar-refractivity contribution in [3.8, 4) is 0 Å². The second-order valence-electron chi connectivity index (χ2n) is 5.04. The van der Waals surface area contributed by atoms with Crippen LogP contribution in [-0.4, -0.2) is 24.2 Å². The van der Waals surface area contributed by atoms with Gasteiger partial charge in [-0.3, -0.25) is 4.79 Å². The minimum absolute atomic E-state index is 0.191. The molecule has 3 nitrogen and oxygen atoms in total. The molecule has 0 aliphatic carbocycles. The number of hydrogen-bond donors (Lipinski definition) is 1. The second-order valence-corrected chi connectivity index (χ2v) is 6.07. The number of esters is 1. The Morgan fingerprint density at radius 2 is 2.24 bits per heavy atom. The second kappa shape index (κ2) is 6.17. The molecule has 0 aromatic carbocycles. The standard InChI is InChI=1S/C13H21NO2S/c1-10(12(15)16-13(2,3)4)14-8-7-11-6-5-9-17-11/h5-6,9-10,14H,7-8H2,1-4H3. The first kappa shape index (κ1) is 14.2. The van der Waals surface area contributed by atoms with Crippen molar-refractivity contribution < 1.29 is 9.53 Å². The van der Waals surface area contributed by atoms with Crippen LogP contribution in [0.2, 0.25) is 0 Å². The minimum Gasteiger partial charge on any atom is -0.459 e. The van der Waals surface area contributed by atoms with E-state index in [0.29, 0.717) is 0 Å². The zero-order valence-electron chi connectivity index (χ0n) is 10.9. The fourth-order valence-electron chi connectivity index (χ4n) is 1.34. The van der Waals surface area contributed by atoms with Crippen molar-refractivity contribution in [3.05, 3.63) is 22.4 Å². The van der Waals surface area contributed by atoms with Gasteiger partial charge >= 0.3 is 5.97 Å². The van der Waals surface area contributed by atoms with Gasteiger partial charge in [-0.1, -0.05) is 6.07 Å². The Morgan fingerprint density at radius 3 is 2.76 bits per heavy atom. The van der Waals surface area contributed by atoms with Crippen LogP contribution in [0.15, 0.2) is 17.5 Å². The van der Waals surface area contributed by atoms with Crippen LogP contribution >= 0.6 is 11.3 Å². The molecule has 0 spiro atoms. The summed E-state index contributed by atoms with van der Waals surface area (Å²) in [6.45, 7) is 8.26. The van der Waals surface area contributed by atoms with Crippen molar-refractivity contribution in [2.45, 2.75) is 45.8 Å². The van der Waals surface area contributed by atoms with Gasteiger partial charge in [0.2, 0.25) is 0 Å². The van der Waals surface area contributed by atoms with Gasteiger partial charge in [0, 0.05) is 11.4 Å². The highest BCUT2D eigenvalue weighted by molar-refractivity contribution is 7.09. The molecular formula is C13H21NO2S. The zero-order valence-corrected chi connectivity index (χ0v) is 11.8. The third-order valence-electron chi connectivity index (χ3n) is 2.16. The maximum Gasteiger partial charge on any atom is 0.323 e. The van der Waals surface area contributed by atoms with Gasteiger partial charge in [-0.25, -0.2) is 0 Å². The van der Waals surface area contributed by atoms with Gasteiger partial charge in [0.15, 0.2) is 0 Å². The van der Waals surface area contributed by atoms with Crippen LogP contribution in [0.25, 0.3) is 0 Å². The molecule has 17 heavy (non-hydrogen) atoms. The van der Waals surface area contributed by atoms with Crippen molar-refractivity contribution in [1.29, 1.82) is 0 Å². The van der Waals surface area contributed by atoms with Gasteiger partial charge in [-0.15, -0.1) is 11.3 Å². The molecule has 0 radical (unpaired) electrons. The van der Waals surface area contributed by atoms with Crippen LogP contribution in [0.4, 0.5) is 0 Å². The van der Waals surface area contributed by atoms with Crippen LogP contribution in [0.3, 0.4) is 0 Å². The minimum atomic E-state index is -0.416. The predicted molar refractivity (Wildman–Crippen MR) is 71.3 cm³/mol. The summed E-state index contributed by atoms with van der Waals surface area (Å²) in [5, 5.41) is 5.24. The van der Waals surface area contributed by atoms with Crippen molar-refractivity contribution in [3.63, 3.8) is 0 Å². The maximum absolute atomic E-state index is 11.7. The van der Waals surface area contributed by atoms with E-state index in [1.54, 1.807) is 11.3 Å². The molecule has 0 aliphatic rings. The molecule has 1 N–H and O–H groups in total. The third kappa shape index (κ3) is 5.84. The van der Waals surface area contributed by atoms with E-state index in [2.05, 4.69) is 16.8 Å². The van der Waals surface area contributed by atoms with Gasteiger partial charge in [0.05, 0.1) is 0 Å². The molecule has 1 rings (SSSR count). The van der Waals surface area contributed by atoms with Crippen LogP contribution in [0.1, 0.15) is 32.6 Å². The van der Waals surface area contributed by atoms with E-state index in [1.807, 2.05) is 33.8 Å². The largest absolute Gasteiger partial charge is 0.459 e. The Kier molecular flexibility index (Phi) is 5.15. The number of carbonyl (C=O) groups excluding carboxylic acids is 1. The Hall–Kier alpha value is -0.870. The highest BCUT2D eigenvalue weighted by Crippen LogP contribution is 2.10. The lowest BCUT2D eigenvalue weighted by Gasteiger charge is -2.22. The lowest BCUT2D eigenvalue weighted by atomic mass is 10.2. The Bertz CT molecular complexity index is 341. The van der Waals surface area contributed by atoms with E-state index in [1.165, 1.54) is 4.88 Å². The van der Waals surface area contributed by atoms with Crippen molar-refractivity contribution in [2.75, 3.05) is 6.54 Å². The third-order valence-corrected chi connectivity index (χ3v) is 3.10. The first-order chi connectivity index (χ1) is 7.88. The van der Waals surface area contributed by atoms with Gasteiger partial charge in [-0.2, -0.15) is 0 Å². The van der Waals surface area contributed by atoms with Crippen molar-refractivity contribution >= 4 is 17.3 Å². The first-order valence-corrected chi connectivity index (χ1v) is 6.75. The molecular weight excluding hydrogens is 234 g/mol. The number of hydrogen-bond acceptors (Lipinski definition) is 4. The molecule has 1 aromatic rings. The van der Waals surface area contributed by atoms with Crippen molar-refractivity contribution in [2.24, 2.45) is 0 Å². The molecule has 0 bridgehead atoms. The number of ether oxygens (including phenoxy) is 1. The summed E-state index contributed by atoms with van der Waals surface area (Å²) in [5.41, 5.74) is -0.416. The maximum atomic E-state index is 11.7. The van der Waals surface area contributed by atoms with Gasteiger partial charge in [-0.05, 0) is 45.6 Å². The Morgan fingerprint density at radius 1 is 1.53 bits per heavy atom. The molecule has 1 unspecified atom stereocenters. The fourth-order valence-corrected chi connectivity index (χ4v) is 2.05. The summed E-state index contributed by atoms with van der Waals surface area (Å²) in [4.78, 5) is 13.0. The monoisotopic (exact) mass is 255 g/mol. The number of rotatable bonds is 5. The Balaban J connectivity index is 2.25. The van der Waals surface area contributed by atoms with E-state index in [4.69, 9.17) is 4.74 Å². The summed E-state index contributed by atoms with van der Waals surface area (Å²) < 4.78 is 5.29. The molecule has 1 atom stereocenters. The zero-order chi connectivity index (χ0) is 12.9. The number of nitrogens with one attached hydrogen (secondary N) is 1. The van der Waals surface area contributed by atoms with Crippen LogP contribution in [-0.2, 0) is 16.0 Å². The first-order valence-electron chi connectivity index (χ1n) is 5.87. The van der Waals surface area contributed by atoms with E-state index in [9.17, 15) is 4.79 Å². The van der Waals surface area contributed by atoms with Crippen molar-refractivity contribution in [1.82, 2.24) is 5.32 Å². The van der Waals surface area contributed by atoms with Crippen LogP contribution in [0.5, 0.6) is 0 Å². The molecule has 1 heterocycles.